The number of carbonyl (C=O) groups is 1. The van der Waals surface area contributed by atoms with Crippen LogP contribution in [0.4, 0.5) is 0 Å². The third-order valence-corrected chi connectivity index (χ3v) is 2.08. The number of nitrogens with one attached hydrogen (secondary N) is 2. The Morgan fingerprint density at radius 1 is 1.69 bits per heavy atom. The van der Waals surface area contributed by atoms with E-state index in [2.05, 4.69) is 20.5 Å². The molecule has 13 heavy (non-hydrogen) atoms. The van der Waals surface area contributed by atoms with Crippen LogP contribution < -0.4 is 5.32 Å². The lowest BCUT2D eigenvalue weighted by Crippen LogP contribution is -2.47. The van der Waals surface area contributed by atoms with Gasteiger partial charge in [-0.15, -0.1) is 0 Å². The zero-order valence-corrected chi connectivity index (χ0v) is 6.90. The maximum Gasteiger partial charge on any atom is 0.288 e. The van der Waals surface area contributed by atoms with Crippen molar-refractivity contribution in [3.63, 3.8) is 0 Å². The number of nitrogens with zero attached hydrogens (tertiary/aromatic N) is 2. The van der Waals surface area contributed by atoms with E-state index in [0.717, 1.165) is 0 Å². The Balaban J connectivity index is 1.86. The summed E-state index contributed by atoms with van der Waals surface area (Å²) in [7, 11) is 0. The van der Waals surface area contributed by atoms with E-state index in [1.54, 1.807) is 0 Å². The number of rotatable bonds is 2. The molecule has 0 saturated heterocycles. The van der Waals surface area contributed by atoms with Crippen LogP contribution in [0, 0.1) is 0 Å². The molecule has 1 aromatic heterocycles. The molecule has 1 aliphatic carbocycles. The van der Waals surface area contributed by atoms with E-state index < -0.39 is 0 Å². The Hall–Kier alpha value is -1.43. The average Bonchev–Trinajstić information content (AvgIpc) is 2.53. The number of hydrogen-bond acceptors (Lipinski definition) is 4. The molecular formula is C7H10N4O2. The molecule has 0 bridgehead atoms. The minimum atomic E-state index is -0.269. The molecule has 0 unspecified atom stereocenters. The van der Waals surface area contributed by atoms with Gasteiger partial charge in [0.25, 0.3) is 5.91 Å². The number of amides is 1. The Bertz CT molecular complexity index is 291. The fourth-order valence-corrected chi connectivity index (χ4v) is 1.27. The number of aliphatic hydroxyl groups excluding tert-OH is 1. The maximum atomic E-state index is 11.3. The van der Waals surface area contributed by atoms with Crippen molar-refractivity contribution in [3.05, 3.63) is 12.2 Å². The van der Waals surface area contributed by atoms with Gasteiger partial charge in [0.1, 0.15) is 6.33 Å². The number of hydrogen-bond donors (Lipinski definition) is 3. The molecule has 3 N–H and O–H groups in total. The Morgan fingerprint density at radius 2 is 2.46 bits per heavy atom. The van der Waals surface area contributed by atoms with E-state index in [9.17, 15) is 4.79 Å². The van der Waals surface area contributed by atoms with Crippen LogP contribution in [0.15, 0.2) is 6.33 Å². The molecular weight excluding hydrogens is 172 g/mol. The molecule has 0 aliphatic heterocycles. The number of carbonyl (C=O) groups excluding carboxylic acids is 1. The van der Waals surface area contributed by atoms with Crippen molar-refractivity contribution in [2.75, 3.05) is 0 Å². The Morgan fingerprint density at radius 3 is 3.00 bits per heavy atom. The first-order valence-electron chi connectivity index (χ1n) is 4.10. The maximum absolute atomic E-state index is 11.3. The zero-order valence-electron chi connectivity index (χ0n) is 6.90. The zero-order chi connectivity index (χ0) is 9.26. The normalized spacial score (nSPS) is 26.5. The molecule has 6 nitrogen and oxygen atoms in total. The van der Waals surface area contributed by atoms with Gasteiger partial charge in [0.2, 0.25) is 5.82 Å². The highest BCUT2D eigenvalue weighted by Crippen LogP contribution is 2.19. The first-order chi connectivity index (χ1) is 6.25. The van der Waals surface area contributed by atoms with Gasteiger partial charge in [-0.2, -0.15) is 5.10 Å². The summed E-state index contributed by atoms with van der Waals surface area (Å²) < 4.78 is 0. The van der Waals surface area contributed by atoms with Crippen LogP contribution in [0.2, 0.25) is 0 Å². The minimum Gasteiger partial charge on any atom is -0.393 e. The molecule has 2 rings (SSSR count). The van der Waals surface area contributed by atoms with Gasteiger partial charge in [0, 0.05) is 6.04 Å². The van der Waals surface area contributed by atoms with Crippen LogP contribution in [-0.4, -0.2) is 38.3 Å². The summed E-state index contributed by atoms with van der Waals surface area (Å²) in [6.45, 7) is 0. The van der Waals surface area contributed by atoms with Crippen molar-refractivity contribution >= 4 is 5.91 Å². The summed E-state index contributed by atoms with van der Waals surface area (Å²) in [6, 6.07) is 0.0765. The summed E-state index contributed by atoms with van der Waals surface area (Å²) in [5.74, 6) is -0.0595. The summed E-state index contributed by atoms with van der Waals surface area (Å²) in [6.07, 6.45) is 2.27. The van der Waals surface area contributed by atoms with E-state index in [1.807, 2.05) is 0 Å². The van der Waals surface area contributed by atoms with Gasteiger partial charge in [0.15, 0.2) is 0 Å². The fraction of sp³-hybridized carbons (Fsp3) is 0.571. The molecule has 0 aromatic carbocycles. The monoisotopic (exact) mass is 182 g/mol. The van der Waals surface area contributed by atoms with Gasteiger partial charge in [-0.25, -0.2) is 4.98 Å². The molecule has 1 fully saturated rings. The van der Waals surface area contributed by atoms with Gasteiger partial charge in [-0.3, -0.25) is 9.89 Å². The van der Waals surface area contributed by atoms with Crippen LogP contribution >= 0.6 is 0 Å². The molecule has 1 saturated carbocycles. The highest BCUT2D eigenvalue weighted by atomic mass is 16.3. The van der Waals surface area contributed by atoms with Crippen LogP contribution in [0.5, 0.6) is 0 Å². The van der Waals surface area contributed by atoms with Gasteiger partial charge < -0.3 is 10.4 Å². The Kier molecular flexibility index (Phi) is 1.97. The smallest absolute Gasteiger partial charge is 0.288 e. The molecule has 1 aromatic rings. The lowest BCUT2D eigenvalue weighted by Gasteiger charge is -2.31. The lowest BCUT2D eigenvalue weighted by atomic mass is 9.89. The predicted octanol–water partition coefficient (Wildman–Crippen LogP) is -0.942. The third-order valence-electron chi connectivity index (χ3n) is 2.08. The highest BCUT2D eigenvalue weighted by Gasteiger charge is 2.29. The van der Waals surface area contributed by atoms with Crippen molar-refractivity contribution in [2.24, 2.45) is 0 Å². The highest BCUT2D eigenvalue weighted by molar-refractivity contribution is 5.90. The van der Waals surface area contributed by atoms with E-state index in [4.69, 9.17) is 5.11 Å². The summed E-state index contributed by atoms with van der Waals surface area (Å²) >= 11 is 0. The predicted molar refractivity (Wildman–Crippen MR) is 42.9 cm³/mol. The van der Waals surface area contributed by atoms with E-state index in [0.29, 0.717) is 12.8 Å². The lowest BCUT2D eigenvalue weighted by molar-refractivity contribution is 0.0558. The van der Waals surface area contributed by atoms with Crippen LogP contribution in [-0.2, 0) is 0 Å². The topological polar surface area (TPSA) is 90.9 Å². The van der Waals surface area contributed by atoms with Crippen molar-refractivity contribution in [2.45, 2.75) is 25.0 Å². The molecule has 0 spiro atoms. The molecule has 1 amide bonds. The van der Waals surface area contributed by atoms with Crippen molar-refractivity contribution in [3.8, 4) is 0 Å². The second-order valence-electron chi connectivity index (χ2n) is 3.13. The summed E-state index contributed by atoms with van der Waals surface area (Å²) in [4.78, 5) is 15.0. The first kappa shape index (κ1) is 8.18. The Labute approximate surface area is 74.4 Å². The van der Waals surface area contributed by atoms with Gasteiger partial charge >= 0.3 is 0 Å². The number of aromatic amines is 1. The minimum absolute atomic E-state index is 0.0765. The molecule has 1 aliphatic rings. The summed E-state index contributed by atoms with van der Waals surface area (Å²) in [5.41, 5.74) is 0. The van der Waals surface area contributed by atoms with Gasteiger partial charge in [0.05, 0.1) is 6.10 Å². The third kappa shape index (κ3) is 1.67. The van der Waals surface area contributed by atoms with Crippen molar-refractivity contribution in [1.29, 1.82) is 0 Å². The quantitative estimate of drug-likeness (QED) is 0.550. The average molecular weight is 182 g/mol. The number of H-pyrrole nitrogens is 1. The second-order valence-corrected chi connectivity index (χ2v) is 3.13. The SMILES string of the molecule is O=C(NC1CC(O)C1)c1ncn[nH]1. The van der Waals surface area contributed by atoms with Crippen LogP contribution in [0.25, 0.3) is 0 Å². The molecule has 1 heterocycles. The largest absolute Gasteiger partial charge is 0.393 e. The van der Waals surface area contributed by atoms with E-state index in [-0.39, 0.29) is 23.9 Å². The van der Waals surface area contributed by atoms with Crippen LogP contribution in [0.1, 0.15) is 23.5 Å². The van der Waals surface area contributed by atoms with Gasteiger partial charge in [-0.1, -0.05) is 0 Å². The molecule has 70 valence electrons. The van der Waals surface area contributed by atoms with Crippen molar-refractivity contribution < 1.29 is 9.90 Å². The molecule has 0 radical (unpaired) electrons. The van der Waals surface area contributed by atoms with E-state index >= 15 is 0 Å². The van der Waals surface area contributed by atoms with Gasteiger partial charge in [-0.05, 0) is 12.8 Å². The number of aromatic nitrogens is 3. The number of aliphatic hydroxyl groups is 1. The summed E-state index contributed by atoms with van der Waals surface area (Å²) in [5, 5.41) is 17.7. The second kappa shape index (κ2) is 3.14. The first-order valence-corrected chi connectivity index (χ1v) is 4.10. The fourth-order valence-electron chi connectivity index (χ4n) is 1.27. The molecule has 6 heteroatoms. The van der Waals surface area contributed by atoms with Crippen molar-refractivity contribution in [1.82, 2.24) is 20.5 Å². The van der Waals surface area contributed by atoms with Crippen LogP contribution in [0.3, 0.4) is 0 Å². The van der Waals surface area contributed by atoms with E-state index in [1.165, 1.54) is 6.33 Å². The standard InChI is InChI=1S/C7H10N4O2/c12-5-1-4(2-5)10-7(13)6-8-3-9-11-6/h3-5,12H,1-2H2,(H,10,13)(H,8,9,11). The molecule has 0 atom stereocenters.